The lowest BCUT2D eigenvalue weighted by Crippen LogP contribution is -2.17. The molecule has 0 N–H and O–H groups in total. The number of aryl methyl sites for hydroxylation is 1. The Hall–Kier alpha value is -1.81. The van der Waals surface area contributed by atoms with E-state index in [1.807, 2.05) is 31.2 Å². The third kappa shape index (κ3) is 6.05. The van der Waals surface area contributed by atoms with Crippen LogP contribution < -0.4 is 0 Å². The van der Waals surface area contributed by atoms with E-state index in [1.54, 1.807) is 6.07 Å². The highest BCUT2D eigenvalue weighted by molar-refractivity contribution is 5.32. The normalized spacial score (nSPS) is 25.4. The Morgan fingerprint density at radius 3 is 1.94 bits per heavy atom. The lowest BCUT2D eigenvalue weighted by molar-refractivity contribution is 0.134. The molecule has 2 fully saturated rings. The SMILES string of the molecule is CCOCc1ccc(CCC2CCC(c3ccc(C4CCC(C)CC4)c(F)c3F)CC2)c(F)c1. The van der Waals surface area contributed by atoms with Gasteiger partial charge in [-0.3, -0.25) is 0 Å². The minimum atomic E-state index is -0.617. The van der Waals surface area contributed by atoms with Gasteiger partial charge in [-0.25, -0.2) is 13.2 Å². The highest BCUT2D eigenvalue weighted by Gasteiger charge is 2.29. The van der Waals surface area contributed by atoms with Crippen LogP contribution in [0.1, 0.15) is 106 Å². The lowest BCUT2D eigenvalue weighted by atomic mass is 9.75. The second-order valence-electron chi connectivity index (χ2n) is 10.6. The van der Waals surface area contributed by atoms with Crippen LogP contribution in [0, 0.1) is 29.3 Å². The summed E-state index contributed by atoms with van der Waals surface area (Å²) in [5.74, 6) is 0.0575. The molecule has 0 radical (unpaired) electrons. The molecule has 0 aliphatic heterocycles. The van der Waals surface area contributed by atoms with E-state index in [0.29, 0.717) is 42.6 Å². The molecule has 34 heavy (non-hydrogen) atoms. The van der Waals surface area contributed by atoms with Crippen molar-refractivity contribution < 1.29 is 17.9 Å². The molecule has 0 atom stereocenters. The number of halogens is 3. The summed E-state index contributed by atoms with van der Waals surface area (Å²) >= 11 is 0. The highest BCUT2D eigenvalue weighted by atomic mass is 19.2. The Labute approximate surface area is 203 Å². The summed E-state index contributed by atoms with van der Waals surface area (Å²) in [6, 6.07) is 9.12. The van der Waals surface area contributed by atoms with E-state index in [-0.39, 0.29) is 17.7 Å². The summed E-state index contributed by atoms with van der Waals surface area (Å²) in [6.45, 7) is 5.22. The Morgan fingerprint density at radius 1 is 0.794 bits per heavy atom. The fourth-order valence-electron chi connectivity index (χ4n) is 6.01. The molecule has 4 heteroatoms. The molecule has 2 saturated carbocycles. The van der Waals surface area contributed by atoms with Gasteiger partial charge in [0.15, 0.2) is 11.6 Å². The van der Waals surface area contributed by atoms with Crippen LogP contribution in [0.4, 0.5) is 13.2 Å². The van der Waals surface area contributed by atoms with Crippen LogP contribution in [0.2, 0.25) is 0 Å². The first kappa shape index (κ1) is 25.3. The van der Waals surface area contributed by atoms with Crippen molar-refractivity contribution in [3.8, 4) is 0 Å². The molecule has 4 rings (SSSR count). The molecule has 1 nitrogen and oxygen atoms in total. The predicted octanol–water partition coefficient (Wildman–Crippen LogP) is 8.84. The molecule has 186 valence electrons. The molecular weight excluding hydrogens is 433 g/mol. The van der Waals surface area contributed by atoms with Gasteiger partial charge in [-0.05, 0) is 110 Å². The summed E-state index contributed by atoms with van der Waals surface area (Å²) in [4.78, 5) is 0. The second kappa shape index (κ2) is 11.7. The van der Waals surface area contributed by atoms with Gasteiger partial charge in [0.1, 0.15) is 5.82 Å². The summed E-state index contributed by atoms with van der Waals surface area (Å²) in [5, 5.41) is 0. The minimum Gasteiger partial charge on any atom is -0.377 e. The van der Waals surface area contributed by atoms with Crippen molar-refractivity contribution in [2.75, 3.05) is 6.61 Å². The predicted molar refractivity (Wildman–Crippen MR) is 131 cm³/mol. The van der Waals surface area contributed by atoms with Crippen LogP contribution in [0.15, 0.2) is 30.3 Å². The maximum Gasteiger partial charge on any atom is 0.162 e. The Kier molecular flexibility index (Phi) is 8.74. The number of hydrogen-bond donors (Lipinski definition) is 0. The molecule has 2 aromatic carbocycles. The van der Waals surface area contributed by atoms with Gasteiger partial charge in [-0.2, -0.15) is 0 Å². The van der Waals surface area contributed by atoms with E-state index in [2.05, 4.69) is 6.92 Å². The number of hydrogen-bond acceptors (Lipinski definition) is 1. The number of ether oxygens (including phenoxy) is 1. The summed E-state index contributed by atoms with van der Waals surface area (Å²) in [5.41, 5.74) is 2.75. The van der Waals surface area contributed by atoms with Gasteiger partial charge in [-0.1, -0.05) is 44.0 Å². The van der Waals surface area contributed by atoms with Gasteiger partial charge in [0.25, 0.3) is 0 Å². The first-order chi connectivity index (χ1) is 16.5. The number of rotatable bonds is 8. The first-order valence-corrected chi connectivity index (χ1v) is 13.3. The van der Waals surface area contributed by atoms with E-state index in [1.165, 1.54) is 0 Å². The van der Waals surface area contributed by atoms with Crippen LogP contribution in [-0.2, 0) is 17.8 Å². The van der Waals surface area contributed by atoms with Crippen LogP contribution in [0.25, 0.3) is 0 Å². The molecule has 0 heterocycles. The molecule has 0 saturated heterocycles. The van der Waals surface area contributed by atoms with Crippen molar-refractivity contribution in [3.63, 3.8) is 0 Å². The van der Waals surface area contributed by atoms with E-state index in [0.717, 1.165) is 68.9 Å². The standard InChI is InChI=1S/C30H39F3O/c1-3-34-19-22-9-15-25(28(31)18-22)14-8-21-6-12-24(13-7-21)27-17-16-26(29(32)30(27)33)23-10-4-20(2)5-11-23/h9,15-18,20-21,23-24H,3-8,10-14,19H2,1-2H3. The van der Waals surface area contributed by atoms with E-state index >= 15 is 8.78 Å². The van der Waals surface area contributed by atoms with E-state index in [4.69, 9.17) is 4.74 Å². The smallest absolute Gasteiger partial charge is 0.162 e. The summed E-state index contributed by atoms with van der Waals surface area (Å²) in [6.07, 6.45) is 9.47. The van der Waals surface area contributed by atoms with Crippen molar-refractivity contribution in [3.05, 3.63) is 70.0 Å². The molecule has 2 aliphatic rings. The van der Waals surface area contributed by atoms with Crippen molar-refractivity contribution in [1.82, 2.24) is 0 Å². The van der Waals surface area contributed by atoms with Gasteiger partial charge in [-0.15, -0.1) is 0 Å². The molecule has 2 aromatic rings. The van der Waals surface area contributed by atoms with Gasteiger partial charge < -0.3 is 4.74 Å². The van der Waals surface area contributed by atoms with Gasteiger partial charge in [0.05, 0.1) is 6.61 Å². The highest BCUT2D eigenvalue weighted by Crippen LogP contribution is 2.42. The monoisotopic (exact) mass is 472 g/mol. The average Bonchev–Trinajstić information content (AvgIpc) is 2.85. The van der Waals surface area contributed by atoms with Gasteiger partial charge in [0.2, 0.25) is 0 Å². The zero-order valence-electron chi connectivity index (χ0n) is 20.7. The van der Waals surface area contributed by atoms with Crippen LogP contribution in [0.3, 0.4) is 0 Å². The van der Waals surface area contributed by atoms with Crippen molar-refractivity contribution in [2.45, 2.75) is 96.5 Å². The largest absolute Gasteiger partial charge is 0.377 e. The fourth-order valence-corrected chi connectivity index (χ4v) is 6.01. The summed E-state index contributed by atoms with van der Waals surface area (Å²) < 4.78 is 49.9. The maximum atomic E-state index is 15.1. The third-order valence-electron chi connectivity index (χ3n) is 8.30. The third-order valence-corrected chi connectivity index (χ3v) is 8.30. The molecular formula is C30H39F3O. The molecule has 0 unspecified atom stereocenters. The molecule has 0 bridgehead atoms. The Balaban J connectivity index is 1.30. The second-order valence-corrected chi connectivity index (χ2v) is 10.6. The van der Waals surface area contributed by atoms with Gasteiger partial charge >= 0.3 is 0 Å². The number of benzene rings is 2. The summed E-state index contributed by atoms with van der Waals surface area (Å²) in [7, 11) is 0. The first-order valence-electron chi connectivity index (χ1n) is 13.3. The van der Waals surface area contributed by atoms with E-state index < -0.39 is 11.6 Å². The zero-order valence-corrected chi connectivity index (χ0v) is 20.7. The lowest BCUT2D eigenvalue weighted by Gasteiger charge is -2.30. The Bertz CT molecular complexity index is 940. The molecule has 0 spiro atoms. The van der Waals surface area contributed by atoms with Crippen LogP contribution >= 0.6 is 0 Å². The van der Waals surface area contributed by atoms with Gasteiger partial charge in [0, 0.05) is 6.61 Å². The quantitative estimate of drug-likeness (QED) is 0.373. The van der Waals surface area contributed by atoms with Crippen molar-refractivity contribution in [1.29, 1.82) is 0 Å². The Morgan fingerprint density at radius 2 is 1.38 bits per heavy atom. The minimum absolute atomic E-state index is 0.0840. The topological polar surface area (TPSA) is 9.23 Å². The molecule has 0 amide bonds. The zero-order chi connectivity index (χ0) is 24.1. The average molecular weight is 473 g/mol. The molecule has 2 aliphatic carbocycles. The fraction of sp³-hybridized carbons (Fsp3) is 0.600. The van der Waals surface area contributed by atoms with Crippen molar-refractivity contribution >= 4 is 0 Å². The van der Waals surface area contributed by atoms with E-state index in [9.17, 15) is 4.39 Å². The van der Waals surface area contributed by atoms with Crippen LogP contribution in [-0.4, -0.2) is 6.61 Å². The van der Waals surface area contributed by atoms with Crippen LogP contribution in [0.5, 0.6) is 0 Å². The molecule has 0 aromatic heterocycles. The van der Waals surface area contributed by atoms with Crippen molar-refractivity contribution in [2.24, 2.45) is 11.8 Å². The maximum absolute atomic E-state index is 15.1.